The molecule has 126 valence electrons. The van der Waals surface area contributed by atoms with Crippen molar-refractivity contribution in [2.24, 2.45) is 0 Å². The summed E-state index contributed by atoms with van der Waals surface area (Å²) in [7, 11) is 0. The van der Waals surface area contributed by atoms with Gasteiger partial charge in [0.25, 0.3) is 5.91 Å². The Morgan fingerprint density at radius 2 is 2.00 bits per heavy atom. The molecule has 1 saturated heterocycles. The van der Waals surface area contributed by atoms with Gasteiger partial charge in [-0.3, -0.25) is 4.79 Å². The van der Waals surface area contributed by atoms with Gasteiger partial charge in [-0.15, -0.1) is 0 Å². The zero-order valence-corrected chi connectivity index (χ0v) is 13.6. The lowest BCUT2D eigenvalue weighted by Gasteiger charge is -2.42. The molecular weight excluding hydrogens is 304 g/mol. The fourth-order valence-electron chi connectivity index (χ4n) is 2.93. The van der Waals surface area contributed by atoms with Crippen LogP contribution in [0.4, 0.5) is 8.78 Å². The van der Waals surface area contributed by atoms with Crippen LogP contribution in [0.2, 0.25) is 0 Å². The summed E-state index contributed by atoms with van der Waals surface area (Å²) < 4.78 is 33.4. The first-order chi connectivity index (χ1) is 10.8. The average molecular weight is 325 g/mol. The molecule has 0 N–H and O–H groups in total. The molecule has 0 saturated carbocycles. The highest BCUT2D eigenvalue weighted by atomic mass is 19.1. The van der Waals surface area contributed by atoms with Crippen molar-refractivity contribution in [1.82, 2.24) is 4.90 Å². The summed E-state index contributed by atoms with van der Waals surface area (Å²) in [6.45, 7) is 5.18. The minimum Gasteiger partial charge on any atom is -0.464 e. The summed E-state index contributed by atoms with van der Waals surface area (Å²) in [5.74, 6) is -3.15. The second kappa shape index (κ2) is 6.64. The van der Waals surface area contributed by atoms with Gasteiger partial charge in [0.2, 0.25) is 0 Å². The lowest BCUT2D eigenvalue weighted by Crippen LogP contribution is -2.58. The molecule has 1 atom stereocenters. The maximum absolute atomic E-state index is 14.3. The molecule has 1 fully saturated rings. The molecular formula is C17H21F2NO3. The van der Waals surface area contributed by atoms with Crippen molar-refractivity contribution in [3.63, 3.8) is 0 Å². The van der Waals surface area contributed by atoms with E-state index in [1.54, 1.807) is 13.8 Å². The molecule has 0 aromatic heterocycles. The third-order valence-electron chi connectivity index (χ3n) is 4.35. The van der Waals surface area contributed by atoms with E-state index in [9.17, 15) is 18.4 Å². The Balaban J connectivity index is 2.44. The summed E-state index contributed by atoms with van der Waals surface area (Å²) in [5.41, 5.74) is -1.62. The van der Waals surface area contributed by atoms with Gasteiger partial charge in [0.1, 0.15) is 22.7 Å². The molecule has 1 unspecified atom stereocenters. The van der Waals surface area contributed by atoms with Crippen LogP contribution in [0.1, 0.15) is 49.0 Å². The molecule has 0 spiro atoms. The molecule has 1 aliphatic rings. The molecule has 1 heterocycles. The number of esters is 1. The minimum atomic E-state index is -1.20. The van der Waals surface area contributed by atoms with E-state index in [4.69, 9.17) is 4.74 Å². The van der Waals surface area contributed by atoms with Gasteiger partial charge in [0.15, 0.2) is 0 Å². The predicted octanol–water partition coefficient (Wildman–Crippen LogP) is 3.22. The van der Waals surface area contributed by atoms with E-state index < -0.39 is 34.6 Å². The average Bonchev–Trinajstić information content (AvgIpc) is 2.52. The highest BCUT2D eigenvalue weighted by Crippen LogP contribution is 2.32. The highest BCUT2D eigenvalue weighted by Gasteiger charge is 2.46. The Kier molecular flexibility index (Phi) is 5.02. The van der Waals surface area contributed by atoms with Crippen LogP contribution in [-0.2, 0) is 9.53 Å². The zero-order valence-electron chi connectivity index (χ0n) is 13.6. The Bertz CT molecular complexity index is 633. The molecule has 6 heteroatoms. The number of likely N-dealkylation sites (tertiary alicyclic amines) is 1. The molecule has 0 bridgehead atoms. The van der Waals surface area contributed by atoms with Crippen molar-refractivity contribution in [2.75, 3.05) is 13.2 Å². The largest absolute Gasteiger partial charge is 0.464 e. The van der Waals surface area contributed by atoms with Gasteiger partial charge < -0.3 is 9.64 Å². The second-order valence-corrected chi connectivity index (χ2v) is 5.96. The monoisotopic (exact) mass is 325 g/mol. The molecule has 2 rings (SSSR count). The SMILES string of the molecule is CCOC(=O)C1(C)CCCCN1C(=O)c1c(F)ccc(C)c1F. The normalized spacial score (nSPS) is 21.2. The Hall–Kier alpha value is -1.98. The van der Waals surface area contributed by atoms with Crippen LogP contribution in [0.3, 0.4) is 0 Å². The minimum absolute atomic E-state index is 0.184. The van der Waals surface area contributed by atoms with E-state index >= 15 is 0 Å². The Morgan fingerprint density at radius 3 is 2.65 bits per heavy atom. The van der Waals surface area contributed by atoms with E-state index in [0.29, 0.717) is 12.8 Å². The van der Waals surface area contributed by atoms with E-state index in [1.165, 1.54) is 17.9 Å². The number of benzene rings is 1. The van der Waals surface area contributed by atoms with Gasteiger partial charge in [-0.2, -0.15) is 0 Å². The van der Waals surface area contributed by atoms with Crippen molar-refractivity contribution in [1.29, 1.82) is 0 Å². The first-order valence-corrected chi connectivity index (χ1v) is 7.76. The number of halogens is 2. The second-order valence-electron chi connectivity index (χ2n) is 5.96. The Labute approximate surface area is 134 Å². The topological polar surface area (TPSA) is 46.6 Å². The van der Waals surface area contributed by atoms with E-state index in [0.717, 1.165) is 12.5 Å². The van der Waals surface area contributed by atoms with E-state index in [1.807, 2.05) is 0 Å². The van der Waals surface area contributed by atoms with Crippen molar-refractivity contribution in [3.8, 4) is 0 Å². The number of aryl methyl sites for hydroxylation is 1. The molecule has 1 amide bonds. The molecule has 4 nitrogen and oxygen atoms in total. The first kappa shape index (κ1) is 17.4. The smallest absolute Gasteiger partial charge is 0.331 e. The maximum atomic E-state index is 14.3. The summed E-state index contributed by atoms with van der Waals surface area (Å²) in [6.07, 6.45) is 1.83. The third kappa shape index (κ3) is 3.07. The molecule has 1 aromatic carbocycles. The number of amides is 1. The van der Waals surface area contributed by atoms with Crippen molar-refractivity contribution < 1.29 is 23.1 Å². The van der Waals surface area contributed by atoms with E-state index in [-0.39, 0.29) is 18.7 Å². The molecule has 0 radical (unpaired) electrons. The lowest BCUT2D eigenvalue weighted by atomic mass is 9.87. The number of ether oxygens (including phenoxy) is 1. The van der Waals surface area contributed by atoms with Gasteiger partial charge in [-0.1, -0.05) is 6.07 Å². The van der Waals surface area contributed by atoms with Crippen LogP contribution in [0, 0.1) is 18.6 Å². The number of hydrogen-bond donors (Lipinski definition) is 0. The predicted molar refractivity (Wildman–Crippen MR) is 81.0 cm³/mol. The summed E-state index contributed by atoms with van der Waals surface area (Å²) in [6, 6.07) is 2.35. The first-order valence-electron chi connectivity index (χ1n) is 7.76. The summed E-state index contributed by atoms with van der Waals surface area (Å²) in [4.78, 5) is 26.3. The van der Waals surface area contributed by atoms with Gasteiger partial charge in [0.05, 0.1) is 6.61 Å². The highest BCUT2D eigenvalue weighted by molar-refractivity contribution is 5.98. The molecule has 23 heavy (non-hydrogen) atoms. The lowest BCUT2D eigenvalue weighted by molar-refractivity contribution is -0.157. The van der Waals surface area contributed by atoms with Crippen LogP contribution < -0.4 is 0 Å². The fourth-order valence-corrected chi connectivity index (χ4v) is 2.93. The molecule has 0 aliphatic carbocycles. The maximum Gasteiger partial charge on any atom is 0.331 e. The van der Waals surface area contributed by atoms with Gasteiger partial charge in [-0.05, 0) is 51.7 Å². The standard InChI is InChI=1S/C17H21F2NO3/c1-4-23-16(22)17(3)9-5-6-10-20(17)15(21)13-12(18)8-7-11(2)14(13)19/h7-8H,4-6,9-10H2,1-3H3. The van der Waals surface area contributed by atoms with Crippen molar-refractivity contribution in [2.45, 2.75) is 45.6 Å². The zero-order chi connectivity index (χ0) is 17.2. The van der Waals surface area contributed by atoms with Gasteiger partial charge in [0, 0.05) is 6.54 Å². The fraction of sp³-hybridized carbons (Fsp3) is 0.529. The van der Waals surface area contributed by atoms with E-state index in [2.05, 4.69) is 0 Å². The summed E-state index contributed by atoms with van der Waals surface area (Å²) >= 11 is 0. The number of rotatable bonds is 3. The van der Waals surface area contributed by atoms with Crippen molar-refractivity contribution in [3.05, 3.63) is 34.9 Å². The quantitative estimate of drug-likeness (QED) is 0.802. The number of carbonyl (C=O) groups excluding carboxylic acids is 2. The van der Waals surface area contributed by atoms with Crippen LogP contribution in [0.5, 0.6) is 0 Å². The van der Waals surface area contributed by atoms with Crippen LogP contribution in [0.15, 0.2) is 12.1 Å². The number of nitrogens with zero attached hydrogens (tertiary/aromatic N) is 1. The van der Waals surface area contributed by atoms with Crippen molar-refractivity contribution >= 4 is 11.9 Å². The molecule has 1 aliphatic heterocycles. The number of piperidine rings is 1. The number of hydrogen-bond acceptors (Lipinski definition) is 3. The summed E-state index contributed by atoms with van der Waals surface area (Å²) in [5, 5.41) is 0. The van der Waals surface area contributed by atoms with Crippen LogP contribution in [-0.4, -0.2) is 35.5 Å². The van der Waals surface area contributed by atoms with Crippen LogP contribution in [0.25, 0.3) is 0 Å². The Morgan fingerprint density at radius 1 is 1.30 bits per heavy atom. The third-order valence-corrected chi connectivity index (χ3v) is 4.35. The van der Waals surface area contributed by atoms with Gasteiger partial charge >= 0.3 is 5.97 Å². The number of carbonyl (C=O) groups is 2. The molecule has 1 aromatic rings. The van der Waals surface area contributed by atoms with Gasteiger partial charge in [-0.25, -0.2) is 13.6 Å². The van der Waals surface area contributed by atoms with Crippen LogP contribution >= 0.6 is 0 Å².